The maximum Gasteiger partial charge on any atom is 0.416 e. The van der Waals surface area contributed by atoms with Crippen LogP contribution in [0.15, 0.2) is 48.5 Å². The lowest BCUT2D eigenvalue weighted by Gasteiger charge is -2.49. The van der Waals surface area contributed by atoms with Crippen molar-refractivity contribution in [3.8, 4) is 0 Å². The zero-order chi connectivity index (χ0) is 34.3. The summed E-state index contributed by atoms with van der Waals surface area (Å²) in [6.07, 6.45) is -7.55. The molecule has 0 N–H and O–H groups in total. The molecular weight excluding hydrogens is 644 g/mol. The van der Waals surface area contributed by atoms with Crippen LogP contribution in [0.4, 0.5) is 31.1 Å². The molecule has 260 valence electrons. The van der Waals surface area contributed by atoms with Crippen molar-refractivity contribution in [3.63, 3.8) is 0 Å². The zero-order valence-electron chi connectivity index (χ0n) is 26.2. The molecular formula is C34H37F6N3O5. The molecule has 14 heteroatoms. The van der Waals surface area contributed by atoms with Crippen LogP contribution in [-0.4, -0.2) is 89.7 Å². The number of benzene rings is 2. The van der Waals surface area contributed by atoms with Crippen LogP contribution >= 0.6 is 0 Å². The van der Waals surface area contributed by atoms with Crippen LogP contribution in [0.25, 0.3) is 0 Å². The van der Waals surface area contributed by atoms with E-state index in [2.05, 4.69) is 0 Å². The van der Waals surface area contributed by atoms with Crippen molar-refractivity contribution in [1.82, 2.24) is 14.7 Å². The monoisotopic (exact) mass is 681 g/mol. The Morgan fingerprint density at radius 3 is 2.08 bits per heavy atom. The van der Waals surface area contributed by atoms with Gasteiger partial charge in [0.1, 0.15) is 5.60 Å². The Kier molecular flexibility index (Phi) is 9.40. The summed E-state index contributed by atoms with van der Waals surface area (Å²) in [5.41, 5.74) is -3.66. The number of ether oxygens (including phenoxy) is 2. The SMILES string of the molecule is O=C(C1CCOC1)N1CCC2(CC1)CCN(C1CCN(C(=O)c3cc(C(F)(F)F)cc(C(F)(F)F)c3)[C@H](Cc3ccccc3)C1)C(=O)O2. The Balaban J connectivity index is 1.17. The van der Waals surface area contributed by atoms with E-state index in [1.165, 1.54) is 4.90 Å². The number of rotatable bonds is 5. The summed E-state index contributed by atoms with van der Waals surface area (Å²) in [5, 5.41) is 0. The molecule has 0 radical (unpaired) electrons. The number of carbonyl (C=O) groups excluding carboxylic acids is 3. The lowest BCUT2D eigenvalue weighted by molar-refractivity contribution is -0.144. The highest BCUT2D eigenvalue weighted by molar-refractivity contribution is 5.95. The zero-order valence-corrected chi connectivity index (χ0v) is 26.2. The Bertz CT molecular complexity index is 1470. The van der Waals surface area contributed by atoms with E-state index in [0.29, 0.717) is 70.7 Å². The van der Waals surface area contributed by atoms with Crippen molar-refractivity contribution in [2.45, 2.75) is 75.0 Å². The average Bonchev–Trinajstić information content (AvgIpc) is 3.59. The highest BCUT2D eigenvalue weighted by atomic mass is 19.4. The highest BCUT2D eigenvalue weighted by Crippen LogP contribution is 2.39. The molecule has 4 fully saturated rings. The number of alkyl halides is 6. The second kappa shape index (κ2) is 13.2. The first kappa shape index (κ1) is 34.1. The van der Waals surface area contributed by atoms with Gasteiger partial charge in [0.25, 0.3) is 5.91 Å². The Morgan fingerprint density at radius 1 is 0.854 bits per heavy atom. The summed E-state index contributed by atoms with van der Waals surface area (Å²) in [6.45, 7) is 2.37. The smallest absolute Gasteiger partial charge is 0.416 e. The van der Waals surface area contributed by atoms with Gasteiger partial charge < -0.3 is 24.2 Å². The molecule has 2 unspecified atom stereocenters. The van der Waals surface area contributed by atoms with Gasteiger partial charge in [-0.1, -0.05) is 30.3 Å². The molecule has 4 aliphatic heterocycles. The average molecular weight is 682 g/mol. The number of hydrogen-bond acceptors (Lipinski definition) is 5. The second-order valence-corrected chi connectivity index (χ2v) is 13.2. The fourth-order valence-corrected chi connectivity index (χ4v) is 7.42. The number of amides is 3. The molecule has 6 rings (SSSR count). The first-order valence-corrected chi connectivity index (χ1v) is 16.2. The van der Waals surface area contributed by atoms with Crippen molar-refractivity contribution in [1.29, 1.82) is 0 Å². The molecule has 0 bridgehead atoms. The molecule has 4 heterocycles. The van der Waals surface area contributed by atoms with Crippen LogP contribution in [0.5, 0.6) is 0 Å². The summed E-state index contributed by atoms with van der Waals surface area (Å²) in [6, 6.07) is 9.02. The van der Waals surface area contributed by atoms with E-state index in [9.17, 15) is 40.7 Å². The summed E-state index contributed by atoms with van der Waals surface area (Å²) >= 11 is 0. The van der Waals surface area contributed by atoms with Gasteiger partial charge in [0.15, 0.2) is 0 Å². The summed E-state index contributed by atoms with van der Waals surface area (Å²) in [5.74, 6) is -1.00. The van der Waals surface area contributed by atoms with Gasteiger partial charge in [0, 0.05) is 69.7 Å². The van der Waals surface area contributed by atoms with E-state index in [1.54, 1.807) is 23.1 Å². The van der Waals surface area contributed by atoms with Gasteiger partial charge in [-0.3, -0.25) is 9.59 Å². The molecule has 4 aliphatic rings. The first-order valence-electron chi connectivity index (χ1n) is 16.2. The molecule has 3 atom stereocenters. The summed E-state index contributed by atoms with van der Waals surface area (Å²) < 4.78 is 92.9. The number of piperidine rings is 2. The van der Waals surface area contributed by atoms with Crippen molar-refractivity contribution >= 4 is 17.9 Å². The van der Waals surface area contributed by atoms with Gasteiger partial charge in [-0.25, -0.2) is 4.79 Å². The van der Waals surface area contributed by atoms with Gasteiger partial charge in [-0.15, -0.1) is 0 Å². The van der Waals surface area contributed by atoms with Gasteiger partial charge in [0.2, 0.25) is 5.91 Å². The van der Waals surface area contributed by atoms with Crippen molar-refractivity contribution in [2.75, 3.05) is 39.4 Å². The maximum atomic E-state index is 13.7. The lowest BCUT2D eigenvalue weighted by atomic mass is 9.85. The number of hydrogen-bond donors (Lipinski definition) is 0. The predicted molar refractivity (Wildman–Crippen MR) is 160 cm³/mol. The van der Waals surface area contributed by atoms with Gasteiger partial charge in [-0.05, 0) is 49.4 Å². The van der Waals surface area contributed by atoms with E-state index in [1.807, 2.05) is 17.0 Å². The minimum atomic E-state index is -5.09. The summed E-state index contributed by atoms with van der Waals surface area (Å²) in [4.78, 5) is 44.8. The van der Waals surface area contributed by atoms with E-state index in [4.69, 9.17) is 9.47 Å². The van der Waals surface area contributed by atoms with Crippen LogP contribution in [0, 0.1) is 5.92 Å². The molecule has 0 aromatic heterocycles. The van der Waals surface area contributed by atoms with Crippen molar-refractivity contribution in [2.24, 2.45) is 5.92 Å². The predicted octanol–water partition coefficient (Wildman–Crippen LogP) is 6.18. The largest absolute Gasteiger partial charge is 0.443 e. The van der Waals surface area contributed by atoms with Crippen molar-refractivity contribution in [3.05, 3.63) is 70.8 Å². The van der Waals surface area contributed by atoms with E-state index in [0.717, 1.165) is 5.56 Å². The molecule has 0 saturated carbocycles. The number of carbonyl (C=O) groups is 3. The fraction of sp³-hybridized carbons (Fsp3) is 0.559. The van der Waals surface area contributed by atoms with Gasteiger partial charge in [-0.2, -0.15) is 26.3 Å². The molecule has 4 saturated heterocycles. The van der Waals surface area contributed by atoms with Gasteiger partial charge in [0.05, 0.1) is 23.7 Å². The van der Waals surface area contributed by atoms with E-state index < -0.39 is 52.7 Å². The van der Waals surface area contributed by atoms with Crippen LogP contribution in [-0.2, 0) is 33.0 Å². The molecule has 1 spiro atoms. The Labute approximate surface area is 273 Å². The van der Waals surface area contributed by atoms with E-state index in [-0.39, 0.29) is 49.7 Å². The van der Waals surface area contributed by atoms with Crippen LogP contribution in [0.2, 0.25) is 0 Å². The van der Waals surface area contributed by atoms with Crippen LogP contribution in [0.1, 0.15) is 65.6 Å². The topological polar surface area (TPSA) is 79.4 Å². The minimum absolute atomic E-state index is 0.00546. The Hall–Kier alpha value is -3.81. The highest BCUT2D eigenvalue weighted by Gasteiger charge is 2.47. The third-order valence-corrected chi connectivity index (χ3v) is 10.2. The molecule has 0 aliphatic carbocycles. The van der Waals surface area contributed by atoms with Crippen LogP contribution < -0.4 is 0 Å². The standard InChI is InChI=1S/C34H37F6N3O5/c35-33(36,37)25-17-24(18-26(19-25)34(38,39)40)30(45)42-11-6-27(20-28(42)16-22-4-2-1-3-5-22)43-14-10-32(48-31(43)46)8-12-41(13-9-32)29(44)23-7-15-47-21-23/h1-5,17-19,23,27-28H,6-16,20-21H2/t23?,27?,28-/m1/s1. The number of halogens is 6. The quantitative estimate of drug-likeness (QED) is 0.353. The lowest BCUT2D eigenvalue weighted by Crippen LogP contribution is -2.60. The third kappa shape index (κ3) is 7.28. The number of nitrogens with zero attached hydrogens (tertiary/aromatic N) is 3. The van der Waals surface area contributed by atoms with E-state index >= 15 is 0 Å². The Morgan fingerprint density at radius 2 is 1.50 bits per heavy atom. The molecule has 3 amide bonds. The summed E-state index contributed by atoms with van der Waals surface area (Å²) in [7, 11) is 0. The molecule has 48 heavy (non-hydrogen) atoms. The maximum absolute atomic E-state index is 13.7. The first-order chi connectivity index (χ1) is 22.7. The minimum Gasteiger partial charge on any atom is -0.443 e. The van der Waals surface area contributed by atoms with Gasteiger partial charge >= 0.3 is 18.4 Å². The molecule has 8 nitrogen and oxygen atoms in total. The number of likely N-dealkylation sites (tertiary alicyclic amines) is 2. The molecule has 2 aromatic carbocycles. The second-order valence-electron chi connectivity index (χ2n) is 13.2. The fourth-order valence-electron chi connectivity index (χ4n) is 7.42. The third-order valence-electron chi connectivity index (χ3n) is 10.2. The van der Waals surface area contributed by atoms with Crippen LogP contribution in [0.3, 0.4) is 0 Å². The van der Waals surface area contributed by atoms with Crippen molar-refractivity contribution < 1.29 is 50.2 Å². The normalized spacial score (nSPS) is 24.9. The molecule has 2 aromatic rings.